The zero-order chi connectivity index (χ0) is 21.8. The Bertz CT molecular complexity index is 1190. The number of carbonyl (C=O) groups is 1. The van der Waals surface area contributed by atoms with Gasteiger partial charge in [0.1, 0.15) is 5.02 Å². The molecule has 30 heavy (non-hydrogen) atoms. The van der Waals surface area contributed by atoms with Crippen molar-refractivity contribution in [2.75, 3.05) is 17.7 Å². The Morgan fingerprint density at radius 1 is 1.30 bits per heavy atom. The van der Waals surface area contributed by atoms with Crippen LogP contribution in [-0.4, -0.2) is 33.7 Å². The molecule has 0 spiro atoms. The largest absolute Gasteiger partial charge is 0.403 e. The maximum absolute atomic E-state index is 11.7. The fourth-order valence-electron chi connectivity index (χ4n) is 3.13. The van der Waals surface area contributed by atoms with Gasteiger partial charge in [-0.3, -0.25) is 14.4 Å². The van der Waals surface area contributed by atoms with Gasteiger partial charge in [0.05, 0.1) is 17.4 Å². The third-order valence-corrected chi connectivity index (χ3v) is 4.67. The molecule has 0 radical (unpaired) electrons. The number of anilines is 2. The maximum atomic E-state index is 11.7. The number of nitrogens with two attached hydrogens (primary N) is 1. The quantitative estimate of drug-likeness (QED) is 0.413. The second-order valence-corrected chi connectivity index (χ2v) is 6.97. The monoisotopic (exact) mass is 423 g/mol. The standard InChI is InChI=1S/C21H22ClN7O/c1-5-18(30)26-14-6-12(2)19-16(7-14)13(3)11-29(19)20-17(22)10-25-21(28-20)27-15(8-23)9-24-4/h5-11H,1,23H2,2-4H3,(H,26,30)(H,25,27,28). The number of nitrogens with zero attached hydrogens (tertiary/aromatic N) is 4. The molecule has 4 N–H and O–H groups in total. The summed E-state index contributed by atoms with van der Waals surface area (Å²) in [5.74, 6) is 0.584. The van der Waals surface area contributed by atoms with Crippen molar-refractivity contribution >= 4 is 46.3 Å². The lowest BCUT2D eigenvalue weighted by molar-refractivity contribution is -0.111. The fourth-order valence-corrected chi connectivity index (χ4v) is 3.31. The minimum absolute atomic E-state index is 0.264. The Morgan fingerprint density at radius 2 is 2.07 bits per heavy atom. The lowest BCUT2D eigenvalue weighted by atomic mass is 10.1. The van der Waals surface area contributed by atoms with Gasteiger partial charge in [-0.1, -0.05) is 18.2 Å². The van der Waals surface area contributed by atoms with Crippen LogP contribution in [0, 0.1) is 13.8 Å². The third kappa shape index (κ3) is 4.18. The number of nitrogens with one attached hydrogen (secondary N) is 2. The Kier molecular flexibility index (Phi) is 6.17. The van der Waals surface area contributed by atoms with E-state index in [2.05, 4.69) is 32.2 Å². The normalized spacial score (nSPS) is 11.8. The zero-order valence-corrected chi connectivity index (χ0v) is 17.7. The first-order valence-corrected chi connectivity index (χ1v) is 9.45. The van der Waals surface area contributed by atoms with E-state index in [0.717, 1.165) is 22.0 Å². The first-order valence-electron chi connectivity index (χ1n) is 9.07. The summed E-state index contributed by atoms with van der Waals surface area (Å²) in [5.41, 5.74) is 9.74. The molecule has 0 bridgehead atoms. The number of fused-ring (bicyclic) bond motifs is 1. The number of benzene rings is 1. The molecule has 0 aliphatic rings. The van der Waals surface area contributed by atoms with Crippen molar-refractivity contribution in [2.45, 2.75) is 13.8 Å². The van der Waals surface area contributed by atoms with E-state index in [1.165, 1.54) is 18.5 Å². The fraction of sp³-hybridized carbons (Fsp3) is 0.143. The van der Waals surface area contributed by atoms with Crippen molar-refractivity contribution in [1.82, 2.24) is 14.5 Å². The van der Waals surface area contributed by atoms with Crippen LogP contribution < -0.4 is 16.4 Å². The molecule has 154 valence electrons. The minimum Gasteiger partial charge on any atom is -0.403 e. The summed E-state index contributed by atoms with van der Waals surface area (Å²) in [6.07, 6.45) is 7.65. The van der Waals surface area contributed by atoms with Crippen molar-refractivity contribution in [1.29, 1.82) is 0 Å². The molecule has 0 aliphatic carbocycles. The number of halogens is 1. The molecule has 0 saturated heterocycles. The van der Waals surface area contributed by atoms with Gasteiger partial charge in [0, 0.05) is 36.7 Å². The highest BCUT2D eigenvalue weighted by molar-refractivity contribution is 6.32. The summed E-state index contributed by atoms with van der Waals surface area (Å²) in [6.45, 7) is 7.43. The molecular weight excluding hydrogens is 402 g/mol. The van der Waals surface area contributed by atoms with Crippen LogP contribution in [0.2, 0.25) is 5.02 Å². The number of aromatic nitrogens is 3. The number of amides is 1. The number of hydrogen-bond donors (Lipinski definition) is 3. The van der Waals surface area contributed by atoms with E-state index in [9.17, 15) is 4.79 Å². The minimum atomic E-state index is -0.264. The van der Waals surface area contributed by atoms with E-state index in [1.807, 2.05) is 36.7 Å². The van der Waals surface area contributed by atoms with Crippen LogP contribution in [0.3, 0.4) is 0 Å². The summed E-state index contributed by atoms with van der Waals surface area (Å²) in [7, 11) is 1.64. The van der Waals surface area contributed by atoms with Gasteiger partial charge in [-0.25, -0.2) is 4.98 Å². The van der Waals surface area contributed by atoms with E-state index in [4.69, 9.17) is 17.3 Å². The molecule has 8 nitrogen and oxygen atoms in total. The van der Waals surface area contributed by atoms with E-state index < -0.39 is 0 Å². The topological polar surface area (TPSA) is 110 Å². The summed E-state index contributed by atoms with van der Waals surface area (Å²) in [6, 6.07) is 3.80. The van der Waals surface area contributed by atoms with E-state index >= 15 is 0 Å². The molecule has 0 fully saturated rings. The molecule has 2 aromatic heterocycles. The van der Waals surface area contributed by atoms with Gasteiger partial charge in [-0.2, -0.15) is 4.98 Å². The lowest BCUT2D eigenvalue weighted by Gasteiger charge is -2.12. The van der Waals surface area contributed by atoms with Gasteiger partial charge in [-0.05, 0) is 43.2 Å². The lowest BCUT2D eigenvalue weighted by Crippen LogP contribution is -2.09. The molecule has 0 unspecified atom stereocenters. The summed E-state index contributed by atoms with van der Waals surface area (Å²) < 4.78 is 1.91. The number of carbonyl (C=O) groups excluding carboxylic acids is 1. The first kappa shape index (κ1) is 21.1. The first-order chi connectivity index (χ1) is 14.4. The van der Waals surface area contributed by atoms with Crippen molar-refractivity contribution < 1.29 is 4.79 Å². The molecule has 2 heterocycles. The highest BCUT2D eigenvalue weighted by atomic mass is 35.5. The van der Waals surface area contributed by atoms with Crippen LogP contribution in [-0.2, 0) is 4.79 Å². The molecule has 3 rings (SSSR count). The van der Waals surface area contributed by atoms with Crippen molar-refractivity contribution in [3.05, 3.63) is 65.2 Å². The average molecular weight is 424 g/mol. The van der Waals surface area contributed by atoms with Gasteiger partial charge in [0.25, 0.3) is 0 Å². The van der Waals surface area contributed by atoms with Crippen molar-refractivity contribution in [3.63, 3.8) is 0 Å². The number of hydrogen-bond acceptors (Lipinski definition) is 6. The maximum Gasteiger partial charge on any atom is 0.247 e. The smallest absolute Gasteiger partial charge is 0.247 e. The van der Waals surface area contributed by atoms with E-state index in [0.29, 0.717) is 28.2 Å². The molecule has 0 saturated carbocycles. The Balaban J connectivity index is 2.12. The van der Waals surface area contributed by atoms with Crippen LogP contribution in [0.1, 0.15) is 11.1 Å². The predicted octanol–water partition coefficient (Wildman–Crippen LogP) is 3.73. The SMILES string of the molecule is C=CC(=O)Nc1cc(C)c2c(c1)c(C)cn2-c1nc(NC(C=NC)=CN)ncc1Cl. The van der Waals surface area contributed by atoms with Gasteiger partial charge in [-0.15, -0.1) is 0 Å². The Morgan fingerprint density at radius 3 is 2.73 bits per heavy atom. The molecule has 0 atom stereocenters. The summed E-state index contributed by atoms with van der Waals surface area (Å²) >= 11 is 6.44. The predicted molar refractivity (Wildman–Crippen MR) is 122 cm³/mol. The average Bonchev–Trinajstić information content (AvgIpc) is 3.05. The molecule has 1 aromatic carbocycles. The highest BCUT2D eigenvalue weighted by Gasteiger charge is 2.16. The van der Waals surface area contributed by atoms with Gasteiger partial charge in [0.2, 0.25) is 11.9 Å². The highest BCUT2D eigenvalue weighted by Crippen LogP contribution is 2.32. The Hall–Kier alpha value is -3.65. The third-order valence-electron chi connectivity index (χ3n) is 4.40. The van der Waals surface area contributed by atoms with Crippen molar-refractivity contribution in [2.24, 2.45) is 10.7 Å². The Labute approximate surface area is 179 Å². The van der Waals surface area contributed by atoms with Crippen LogP contribution in [0.4, 0.5) is 11.6 Å². The second-order valence-electron chi connectivity index (χ2n) is 6.56. The molecular formula is C21H22ClN7O. The summed E-state index contributed by atoms with van der Waals surface area (Å²) in [4.78, 5) is 24.4. The number of aliphatic imine (C=N–C) groups is 1. The van der Waals surface area contributed by atoms with E-state index in [1.54, 1.807) is 13.3 Å². The van der Waals surface area contributed by atoms with Crippen LogP contribution in [0.25, 0.3) is 16.7 Å². The second kappa shape index (κ2) is 8.79. The van der Waals surface area contributed by atoms with Gasteiger partial charge >= 0.3 is 0 Å². The van der Waals surface area contributed by atoms with Crippen LogP contribution in [0.5, 0.6) is 0 Å². The van der Waals surface area contributed by atoms with E-state index in [-0.39, 0.29) is 5.91 Å². The zero-order valence-electron chi connectivity index (χ0n) is 16.9. The van der Waals surface area contributed by atoms with Crippen molar-refractivity contribution in [3.8, 4) is 5.82 Å². The molecule has 1 amide bonds. The van der Waals surface area contributed by atoms with Crippen LogP contribution >= 0.6 is 11.6 Å². The van der Waals surface area contributed by atoms with Gasteiger partial charge in [0.15, 0.2) is 5.82 Å². The number of allylic oxidation sites excluding steroid dienone is 1. The molecule has 0 aliphatic heterocycles. The van der Waals surface area contributed by atoms with Crippen LogP contribution in [0.15, 0.2) is 54.1 Å². The molecule has 9 heteroatoms. The number of rotatable bonds is 6. The summed E-state index contributed by atoms with van der Waals surface area (Å²) in [5, 5.41) is 7.18. The number of aryl methyl sites for hydroxylation is 2. The molecule has 3 aromatic rings. The van der Waals surface area contributed by atoms with Gasteiger partial charge < -0.3 is 16.4 Å².